The van der Waals surface area contributed by atoms with Crippen molar-refractivity contribution in [2.45, 2.75) is 52.4 Å². The van der Waals surface area contributed by atoms with Crippen molar-refractivity contribution in [2.24, 2.45) is 5.92 Å². The lowest BCUT2D eigenvalue weighted by Gasteiger charge is -2.42. The Kier molecular flexibility index (Phi) is 5.44. The number of amides is 1. The average molecular weight is 397 g/mol. The normalized spacial score (nSPS) is 22.4. The van der Waals surface area contributed by atoms with Crippen molar-refractivity contribution in [2.75, 3.05) is 26.7 Å². The molecule has 1 spiro atoms. The van der Waals surface area contributed by atoms with Crippen molar-refractivity contribution in [3.63, 3.8) is 0 Å². The fourth-order valence-corrected chi connectivity index (χ4v) is 4.50. The van der Waals surface area contributed by atoms with E-state index in [9.17, 15) is 4.79 Å². The summed E-state index contributed by atoms with van der Waals surface area (Å²) in [7, 11) is 2.17. The number of carbonyl (C=O) groups is 1. The second kappa shape index (κ2) is 7.88. The van der Waals surface area contributed by atoms with E-state index >= 15 is 0 Å². The fraction of sp³-hybridized carbons (Fsp3) is 0.591. The molecule has 0 bridgehead atoms. The molecule has 156 valence electrons. The van der Waals surface area contributed by atoms with Crippen molar-refractivity contribution in [1.29, 1.82) is 0 Å². The number of likely N-dealkylation sites (N-methyl/N-ethyl adjacent to an activating group) is 1. The topological polar surface area (TPSA) is 66.3 Å². The lowest BCUT2D eigenvalue weighted by molar-refractivity contribution is 0.0648. The summed E-state index contributed by atoms with van der Waals surface area (Å²) < 4.78 is 2.05. The lowest BCUT2D eigenvalue weighted by Crippen LogP contribution is -2.55. The van der Waals surface area contributed by atoms with Crippen LogP contribution in [-0.2, 0) is 19.6 Å². The van der Waals surface area contributed by atoms with E-state index < -0.39 is 0 Å². The molecule has 0 aliphatic carbocycles. The van der Waals surface area contributed by atoms with Gasteiger partial charge in [-0.3, -0.25) is 14.6 Å². The monoisotopic (exact) mass is 396 g/mol. The predicted octanol–water partition coefficient (Wildman–Crippen LogP) is 2.06. The molecule has 0 radical (unpaired) electrons. The van der Waals surface area contributed by atoms with Crippen molar-refractivity contribution < 1.29 is 4.79 Å². The molecule has 1 aromatic heterocycles. The smallest absolute Gasteiger partial charge is 0.289 e. The van der Waals surface area contributed by atoms with E-state index in [4.69, 9.17) is 0 Å². The zero-order valence-corrected chi connectivity index (χ0v) is 18.0. The minimum atomic E-state index is -0.119. The molecule has 1 unspecified atom stereocenters. The number of nitrogens with one attached hydrogen (secondary N) is 1. The Morgan fingerprint density at radius 1 is 1.24 bits per heavy atom. The van der Waals surface area contributed by atoms with Crippen LogP contribution in [0.1, 0.15) is 47.8 Å². The number of aryl methyl sites for hydroxylation is 1. The third kappa shape index (κ3) is 3.94. The first-order chi connectivity index (χ1) is 13.9. The van der Waals surface area contributed by atoms with Gasteiger partial charge < -0.3 is 9.88 Å². The number of benzene rings is 1. The first-order valence-electron chi connectivity index (χ1n) is 10.6. The van der Waals surface area contributed by atoms with Crippen molar-refractivity contribution in [1.82, 2.24) is 29.9 Å². The first-order valence-corrected chi connectivity index (χ1v) is 10.6. The Labute approximate surface area is 173 Å². The quantitative estimate of drug-likeness (QED) is 0.838. The number of fused-ring (bicyclic) bond motifs is 1. The van der Waals surface area contributed by atoms with Crippen LogP contribution in [0, 0.1) is 12.8 Å². The van der Waals surface area contributed by atoms with E-state index in [1.165, 1.54) is 11.1 Å². The average Bonchev–Trinajstić information content (AvgIpc) is 3.27. The molecule has 2 aliphatic heterocycles. The summed E-state index contributed by atoms with van der Waals surface area (Å²) in [6, 6.07) is 8.62. The Hall–Kier alpha value is -2.25. The van der Waals surface area contributed by atoms with Gasteiger partial charge >= 0.3 is 0 Å². The van der Waals surface area contributed by atoms with E-state index in [0.29, 0.717) is 18.3 Å². The summed E-state index contributed by atoms with van der Waals surface area (Å²) in [5.74, 6) is 1.62. The third-order valence-electron chi connectivity index (χ3n) is 6.41. The molecule has 4 rings (SSSR count). The van der Waals surface area contributed by atoms with Crippen LogP contribution in [0.2, 0.25) is 0 Å². The largest absolute Gasteiger partial charge is 0.349 e. The van der Waals surface area contributed by atoms with E-state index in [2.05, 4.69) is 77.4 Å². The van der Waals surface area contributed by atoms with E-state index in [1.807, 2.05) is 4.57 Å². The van der Waals surface area contributed by atoms with Gasteiger partial charge in [-0.25, -0.2) is 0 Å². The maximum absolute atomic E-state index is 12.7. The summed E-state index contributed by atoms with van der Waals surface area (Å²) in [6.07, 6.45) is 1.08. The lowest BCUT2D eigenvalue weighted by atomic mass is 9.94. The molecule has 2 aliphatic rings. The second-order valence-corrected chi connectivity index (χ2v) is 9.10. The Balaban J connectivity index is 1.50. The highest BCUT2D eigenvalue weighted by atomic mass is 16.2. The molecule has 1 saturated heterocycles. The molecule has 7 nitrogen and oxygen atoms in total. The van der Waals surface area contributed by atoms with Gasteiger partial charge in [0.2, 0.25) is 5.82 Å². The highest BCUT2D eigenvalue weighted by Gasteiger charge is 2.46. The van der Waals surface area contributed by atoms with Gasteiger partial charge in [0.1, 0.15) is 5.82 Å². The number of aromatic nitrogens is 3. The van der Waals surface area contributed by atoms with Crippen LogP contribution in [0.4, 0.5) is 0 Å². The van der Waals surface area contributed by atoms with E-state index in [-0.39, 0.29) is 11.4 Å². The van der Waals surface area contributed by atoms with Crippen molar-refractivity contribution in [3.05, 3.63) is 47.0 Å². The molecule has 1 fully saturated rings. The van der Waals surface area contributed by atoms with Crippen molar-refractivity contribution >= 4 is 5.91 Å². The van der Waals surface area contributed by atoms with Gasteiger partial charge in [0.25, 0.3) is 5.91 Å². The van der Waals surface area contributed by atoms with E-state index in [0.717, 1.165) is 45.0 Å². The van der Waals surface area contributed by atoms with Crippen LogP contribution in [0.15, 0.2) is 24.3 Å². The minimum absolute atomic E-state index is 0.0190. The molecule has 7 heteroatoms. The highest BCUT2D eigenvalue weighted by molar-refractivity contribution is 5.90. The van der Waals surface area contributed by atoms with Gasteiger partial charge in [-0.1, -0.05) is 38.1 Å². The number of hydrogen-bond donors (Lipinski definition) is 1. The van der Waals surface area contributed by atoms with Crippen LogP contribution in [-0.4, -0.2) is 62.7 Å². The van der Waals surface area contributed by atoms with Crippen LogP contribution >= 0.6 is 0 Å². The number of rotatable bonds is 5. The molecule has 1 atom stereocenters. The van der Waals surface area contributed by atoms with Crippen LogP contribution in [0.5, 0.6) is 0 Å². The summed E-state index contributed by atoms with van der Waals surface area (Å²) in [5.41, 5.74) is 2.75. The van der Waals surface area contributed by atoms with Gasteiger partial charge in [0.05, 0.1) is 12.1 Å². The zero-order chi connectivity index (χ0) is 20.6. The van der Waals surface area contributed by atoms with Crippen LogP contribution < -0.4 is 5.32 Å². The number of likely N-dealkylation sites (tertiary alicyclic amines) is 1. The first kappa shape index (κ1) is 20.0. The summed E-state index contributed by atoms with van der Waals surface area (Å²) >= 11 is 0. The molecule has 29 heavy (non-hydrogen) atoms. The summed E-state index contributed by atoms with van der Waals surface area (Å²) in [6.45, 7) is 11.5. The zero-order valence-electron chi connectivity index (χ0n) is 18.0. The Morgan fingerprint density at radius 2 is 2.03 bits per heavy atom. The van der Waals surface area contributed by atoms with Gasteiger partial charge in [-0.05, 0) is 37.4 Å². The van der Waals surface area contributed by atoms with E-state index in [1.54, 1.807) is 0 Å². The molecule has 3 heterocycles. The van der Waals surface area contributed by atoms with Gasteiger partial charge in [0.15, 0.2) is 0 Å². The second-order valence-electron chi connectivity index (χ2n) is 9.10. The fourth-order valence-electron chi connectivity index (χ4n) is 4.50. The third-order valence-corrected chi connectivity index (χ3v) is 6.41. The standard InChI is InChI=1S/C22H32N6O/c1-16(2)11-23-21(29)20-25-24-19-13-26(4)22(15-28(19)20)9-10-27(14-22)12-18-8-6-5-7-17(18)3/h5-8,16H,9-15H2,1-4H3,(H,23,29). The SMILES string of the molecule is Cc1ccccc1CN1CCC2(C1)Cn1c(nnc1C(=O)NCC(C)C)CN2C. The summed E-state index contributed by atoms with van der Waals surface area (Å²) in [4.78, 5) is 17.6. The number of nitrogens with zero attached hydrogens (tertiary/aromatic N) is 5. The predicted molar refractivity (Wildman–Crippen MR) is 112 cm³/mol. The van der Waals surface area contributed by atoms with Crippen molar-refractivity contribution in [3.8, 4) is 0 Å². The molecule has 1 aromatic carbocycles. The Morgan fingerprint density at radius 3 is 2.79 bits per heavy atom. The van der Waals surface area contributed by atoms with Gasteiger partial charge in [-0.15, -0.1) is 10.2 Å². The molecule has 0 saturated carbocycles. The molecular formula is C22H32N6O. The number of carbonyl (C=O) groups excluding carboxylic acids is 1. The number of hydrogen-bond acceptors (Lipinski definition) is 5. The van der Waals surface area contributed by atoms with Gasteiger partial charge in [0, 0.05) is 32.7 Å². The van der Waals surface area contributed by atoms with Crippen LogP contribution in [0.25, 0.3) is 0 Å². The Bertz CT molecular complexity index is 891. The summed E-state index contributed by atoms with van der Waals surface area (Å²) in [5, 5.41) is 11.5. The molecule has 1 amide bonds. The highest BCUT2D eigenvalue weighted by Crippen LogP contribution is 2.34. The van der Waals surface area contributed by atoms with Gasteiger partial charge in [-0.2, -0.15) is 0 Å². The maximum Gasteiger partial charge on any atom is 0.289 e. The molecule has 2 aromatic rings. The molecular weight excluding hydrogens is 364 g/mol. The van der Waals surface area contributed by atoms with Crippen LogP contribution in [0.3, 0.4) is 0 Å². The maximum atomic E-state index is 12.7. The minimum Gasteiger partial charge on any atom is -0.349 e. The molecule has 1 N–H and O–H groups in total.